The van der Waals surface area contributed by atoms with E-state index in [0.717, 1.165) is 12.1 Å². The predicted molar refractivity (Wildman–Crippen MR) is 74.9 cm³/mol. The maximum Gasteiger partial charge on any atom is 0.416 e. The molecule has 0 aliphatic carbocycles. The molecule has 0 unspecified atom stereocenters. The first kappa shape index (κ1) is 17.5. The summed E-state index contributed by atoms with van der Waals surface area (Å²) in [7, 11) is -3.94. The van der Waals surface area contributed by atoms with Crippen molar-refractivity contribution in [2.24, 2.45) is 0 Å². The molecule has 9 heteroatoms. The molecular formula is C14H14F3NO4S. The SMILES string of the molecule is O=S(=O)(NCC[C@@H](O)c1ccoc1)c1ccc(C(F)(F)F)cc1. The van der Waals surface area contributed by atoms with Crippen LogP contribution in [0.2, 0.25) is 0 Å². The second-order valence-electron chi connectivity index (χ2n) is 4.78. The Balaban J connectivity index is 1.96. The molecule has 0 aliphatic rings. The Morgan fingerprint density at radius 2 is 1.83 bits per heavy atom. The predicted octanol–water partition coefficient (Wildman–Crippen LogP) is 2.70. The number of benzene rings is 1. The summed E-state index contributed by atoms with van der Waals surface area (Å²) in [5.41, 5.74) is -0.412. The van der Waals surface area contributed by atoms with Crippen molar-refractivity contribution >= 4 is 10.0 Å². The first-order chi connectivity index (χ1) is 10.7. The quantitative estimate of drug-likeness (QED) is 0.840. The zero-order chi connectivity index (χ0) is 17.1. The normalized spacial score (nSPS) is 13.9. The number of hydrogen-bond acceptors (Lipinski definition) is 4. The molecule has 0 saturated carbocycles. The highest BCUT2D eigenvalue weighted by Crippen LogP contribution is 2.29. The van der Waals surface area contributed by atoms with Crippen molar-refractivity contribution in [1.82, 2.24) is 4.72 Å². The van der Waals surface area contributed by atoms with Gasteiger partial charge in [0.25, 0.3) is 0 Å². The van der Waals surface area contributed by atoms with Gasteiger partial charge in [0.05, 0.1) is 29.1 Å². The van der Waals surface area contributed by atoms with E-state index in [1.54, 1.807) is 6.07 Å². The lowest BCUT2D eigenvalue weighted by Crippen LogP contribution is -2.26. The van der Waals surface area contributed by atoms with Gasteiger partial charge in [-0.15, -0.1) is 0 Å². The fourth-order valence-corrected chi connectivity index (χ4v) is 2.92. The maximum atomic E-state index is 12.4. The molecule has 1 heterocycles. The van der Waals surface area contributed by atoms with Gasteiger partial charge in [-0.05, 0) is 36.8 Å². The first-order valence-electron chi connectivity index (χ1n) is 6.57. The van der Waals surface area contributed by atoms with E-state index in [0.29, 0.717) is 17.7 Å². The second-order valence-corrected chi connectivity index (χ2v) is 6.55. The largest absolute Gasteiger partial charge is 0.472 e. The zero-order valence-corrected chi connectivity index (χ0v) is 12.6. The molecule has 0 spiro atoms. The van der Waals surface area contributed by atoms with Crippen LogP contribution in [0, 0.1) is 0 Å². The summed E-state index contributed by atoms with van der Waals surface area (Å²) in [4.78, 5) is -0.275. The molecule has 0 bridgehead atoms. The number of aliphatic hydroxyl groups excluding tert-OH is 1. The Bertz CT molecular complexity index is 724. The van der Waals surface area contributed by atoms with Gasteiger partial charge in [-0.25, -0.2) is 13.1 Å². The van der Waals surface area contributed by atoms with Gasteiger partial charge in [0, 0.05) is 12.1 Å². The van der Waals surface area contributed by atoms with Gasteiger partial charge in [-0.2, -0.15) is 13.2 Å². The van der Waals surface area contributed by atoms with Gasteiger partial charge in [-0.3, -0.25) is 0 Å². The van der Waals surface area contributed by atoms with Crippen LogP contribution in [0.4, 0.5) is 13.2 Å². The molecule has 1 atom stereocenters. The van der Waals surface area contributed by atoms with Crippen molar-refractivity contribution in [3.8, 4) is 0 Å². The van der Waals surface area contributed by atoms with Crippen LogP contribution in [0.1, 0.15) is 23.7 Å². The number of aliphatic hydroxyl groups is 1. The molecule has 5 nitrogen and oxygen atoms in total. The van der Waals surface area contributed by atoms with Crippen LogP contribution in [-0.2, 0) is 16.2 Å². The van der Waals surface area contributed by atoms with E-state index in [9.17, 15) is 26.7 Å². The van der Waals surface area contributed by atoms with Crippen LogP contribution in [0.25, 0.3) is 0 Å². The summed E-state index contributed by atoms with van der Waals surface area (Å²) in [5.74, 6) is 0. The number of rotatable bonds is 6. The van der Waals surface area contributed by atoms with Crippen LogP contribution < -0.4 is 4.72 Å². The fraction of sp³-hybridized carbons (Fsp3) is 0.286. The molecule has 0 aliphatic heterocycles. The standard InChI is InChI=1S/C14H14F3NO4S/c15-14(16,17)11-1-3-12(4-2-11)23(20,21)18-7-5-13(19)10-6-8-22-9-10/h1-4,6,8-9,13,18-19H,5,7H2/t13-/m1/s1. The second kappa shape index (κ2) is 6.73. The van der Waals surface area contributed by atoms with E-state index in [-0.39, 0.29) is 17.9 Å². The topological polar surface area (TPSA) is 79.5 Å². The lowest BCUT2D eigenvalue weighted by molar-refractivity contribution is -0.137. The Kier molecular flexibility index (Phi) is 5.12. The Hall–Kier alpha value is -1.84. The average Bonchev–Trinajstić information content (AvgIpc) is 3.00. The Labute approximate surface area is 130 Å². The number of sulfonamides is 1. The fourth-order valence-electron chi connectivity index (χ4n) is 1.87. The van der Waals surface area contributed by atoms with Crippen LogP contribution in [0.3, 0.4) is 0 Å². The van der Waals surface area contributed by atoms with Crippen molar-refractivity contribution in [1.29, 1.82) is 0 Å². The van der Waals surface area contributed by atoms with Crippen molar-refractivity contribution in [3.63, 3.8) is 0 Å². The minimum Gasteiger partial charge on any atom is -0.472 e. The summed E-state index contributed by atoms with van der Waals surface area (Å²) in [5, 5.41) is 9.78. The minimum atomic E-state index is -4.52. The highest BCUT2D eigenvalue weighted by Gasteiger charge is 2.30. The molecule has 2 aromatic rings. The van der Waals surface area contributed by atoms with Crippen molar-refractivity contribution in [3.05, 3.63) is 54.0 Å². The highest BCUT2D eigenvalue weighted by atomic mass is 32.2. The summed E-state index contributed by atoms with van der Waals surface area (Å²) in [6.45, 7) is -0.0737. The van der Waals surface area contributed by atoms with Gasteiger partial charge in [-0.1, -0.05) is 0 Å². The number of alkyl halides is 3. The molecule has 126 valence electrons. The zero-order valence-electron chi connectivity index (χ0n) is 11.7. The van der Waals surface area contributed by atoms with E-state index in [4.69, 9.17) is 4.42 Å². The van der Waals surface area contributed by atoms with Crippen LogP contribution >= 0.6 is 0 Å². The molecule has 0 fully saturated rings. The van der Waals surface area contributed by atoms with E-state index < -0.39 is 27.9 Å². The molecule has 1 aromatic heterocycles. The molecular weight excluding hydrogens is 335 g/mol. The monoisotopic (exact) mass is 349 g/mol. The van der Waals surface area contributed by atoms with Gasteiger partial charge >= 0.3 is 6.18 Å². The van der Waals surface area contributed by atoms with E-state index >= 15 is 0 Å². The van der Waals surface area contributed by atoms with Crippen molar-refractivity contribution in [2.75, 3.05) is 6.54 Å². The third kappa shape index (κ3) is 4.57. The van der Waals surface area contributed by atoms with E-state index in [2.05, 4.69) is 4.72 Å². The highest BCUT2D eigenvalue weighted by molar-refractivity contribution is 7.89. The van der Waals surface area contributed by atoms with Crippen LogP contribution in [0.5, 0.6) is 0 Å². The van der Waals surface area contributed by atoms with E-state index in [1.165, 1.54) is 12.5 Å². The number of hydrogen-bond donors (Lipinski definition) is 2. The van der Waals surface area contributed by atoms with Crippen molar-refractivity contribution < 1.29 is 31.1 Å². The molecule has 0 amide bonds. The first-order valence-corrected chi connectivity index (χ1v) is 8.05. The third-order valence-corrected chi connectivity index (χ3v) is 4.61. The average molecular weight is 349 g/mol. The molecule has 2 N–H and O–H groups in total. The summed E-state index contributed by atoms with van der Waals surface area (Å²) in [6, 6.07) is 4.73. The summed E-state index contributed by atoms with van der Waals surface area (Å²) >= 11 is 0. The molecule has 0 saturated heterocycles. The molecule has 2 rings (SSSR count). The Morgan fingerprint density at radius 3 is 2.35 bits per heavy atom. The van der Waals surface area contributed by atoms with E-state index in [1.807, 2.05) is 0 Å². The maximum absolute atomic E-state index is 12.4. The minimum absolute atomic E-state index is 0.0737. The number of furan rings is 1. The van der Waals surface area contributed by atoms with Gasteiger partial charge in [0.2, 0.25) is 10.0 Å². The lowest BCUT2D eigenvalue weighted by atomic mass is 10.1. The molecule has 1 aromatic carbocycles. The number of nitrogens with one attached hydrogen (secondary N) is 1. The molecule has 23 heavy (non-hydrogen) atoms. The van der Waals surface area contributed by atoms with Gasteiger partial charge in [0.15, 0.2) is 0 Å². The summed E-state index contributed by atoms with van der Waals surface area (Å²) < 4.78 is 68.3. The Morgan fingerprint density at radius 1 is 1.17 bits per heavy atom. The summed E-state index contributed by atoms with van der Waals surface area (Å²) in [6.07, 6.45) is -2.60. The van der Waals surface area contributed by atoms with Gasteiger partial charge in [0.1, 0.15) is 0 Å². The number of halogens is 3. The van der Waals surface area contributed by atoms with Crippen molar-refractivity contribution in [2.45, 2.75) is 23.6 Å². The van der Waals surface area contributed by atoms with Crippen LogP contribution in [0.15, 0.2) is 52.2 Å². The smallest absolute Gasteiger partial charge is 0.416 e. The lowest BCUT2D eigenvalue weighted by Gasteiger charge is -2.11. The van der Waals surface area contributed by atoms with Crippen LogP contribution in [-0.4, -0.2) is 20.1 Å². The third-order valence-electron chi connectivity index (χ3n) is 3.13. The molecule has 0 radical (unpaired) electrons. The van der Waals surface area contributed by atoms with Gasteiger partial charge < -0.3 is 9.52 Å².